The van der Waals surface area contributed by atoms with E-state index in [-0.39, 0.29) is 18.3 Å². The first-order valence-electron chi connectivity index (χ1n) is 9.56. The van der Waals surface area contributed by atoms with Gasteiger partial charge in [0.25, 0.3) is 0 Å². The third-order valence-electron chi connectivity index (χ3n) is 5.05. The lowest BCUT2D eigenvalue weighted by molar-refractivity contribution is -0.144. The Morgan fingerprint density at radius 1 is 1.00 bits per heavy atom. The quantitative estimate of drug-likeness (QED) is 0.465. The predicted molar refractivity (Wildman–Crippen MR) is 115 cm³/mol. The SMILES string of the molecule is COC(=O)[C@@H](C)NC(=O)[C@H](CS)NC(=O)OCC1c2ccccc2-c2ccccc21. The molecule has 0 saturated heterocycles. The Morgan fingerprint density at radius 2 is 1.57 bits per heavy atom. The molecule has 0 unspecified atom stereocenters. The fraction of sp³-hybridized carbons (Fsp3) is 0.318. The summed E-state index contributed by atoms with van der Waals surface area (Å²) in [6.45, 7) is 1.63. The standard InChI is InChI=1S/C22H24N2O5S/c1-13(21(26)28-2)23-20(25)19(12-30)24-22(27)29-11-18-16-9-5-3-7-14(16)15-8-4-6-10-17(15)18/h3-10,13,18-19,30H,11-12H2,1-2H3,(H,23,25)(H,24,27)/t13-,19+/m1/s1. The van der Waals surface area contributed by atoms with Crippen LogP contribution in [-0.2, 0) is 19.1 Å². The van der Waals surface area contributed by atoms with Crippen molar-refractivity contribution >= 4 is 30.6 Å². The molecule has 2 atom stereocenters. The van der Waals surface area contributed by atoms with Crippen molar-refractivity contribution in [2.24, 2.45) is 0 Å². The minimum Gasteiger partial charge on any atom is -0.467 e. The number of methoxy groups -OCH3 is 1. The number of rotatable bonds is 7. The molecule has 8 heteroatoms. The van der Waals surface area contributed by atoms with E-state index >= 15 is 0 Å². The van der Waals surface area contributed by atoms with Crippen molar-refractivity contribution < 1.29 is 23.9 Å². The molecule has 7 nitrogen and oxygen atoms in total. The fourth-order valence-corrected chi connectivity index (χ4v) is 3.78. The van der Waals surface area contributed by atoms with Crippen LogP contribution < -0.4 is 10.6 Å². The highest BCUT2D eigenvalue weighted by atomic mass is 32.1. The number of carbonyl (C=O) groups excluding carboxylic acids is 3. The van der Waals surface area contributed by atoms with E-state index in [1.54, 1.807) is 0 Å². The van der Waals surface area contributed by atoms with Gasteiger partial charge >= 0.3 is 12.1 Å². The number of carbonyl (C=O) groups is 3. The molecule has 0 aromatic heterocycles. The summed E-state index contributed by atoms with van der Waals surface area (Å²) in [5.41, 5.74) is 4.46. The molecular formula is C22H24N2O5S. The predicted octanol–water partition coefficient (Wildman–Crippen LogP) is 2.50. The van der Waals surface area contributed by atoms with Crippen molar-refractivity contribution in [2.75, 3.05) is 19.5 Å². The van der Waals surface area contributed by atoms with Gasteiger partial charge in [-0.3, -0.25) is 4.79 Å². The lowest BCUT2D eigenvalue weighted by Gasteiger charge is -2.20. The number of thiol groups is 1. The van der Waals surface area contributed by atoms with Gasteiger partial charge in [-0.25, -0.2) is 9.59 Å². The topological polar surface area (TPSA) is 93.7 Å². The van der Waals surface area contributed by atoms with Crippen LogP contribution in [-0.4, -0.2) is 49.5 Å². The van der Waals surface area contributed by atoms with Gasteiger partial charge in [-0.15, -0.1) is 0 Å². The van der Waals surface area contributed by atoms with E-state index in [0.29, 0.717) is 0 Å². The highest BCUT2D eigenvalue weighted by molar-refractivity contribution is 7.80. The minimum absolute atomic E-state index is 0.0456. The highest BCUT2D eigenvalue weighted by Gasteiger charge is 2.30. The van der Waals surface area contributed by atoms with E-state index in [1.807, 2.05) is 36.4 Å². The molecule has 0 radical (unpaired) electrons. The molecule has 0 aliphatic heterocycles. The van der Waals surface area contributed by atoms with Crippen molar-refractivity contribution in [3.8, 4) is 11.1 Å². The van der Waals surface area contributed by atoms with Crippen molar-refractivity contribution in [2.45, 2.75) is 24.9 Å². The van der Waals surface area contributed by atoms with Crippen LogP contribution in [0.5, 0.6) is 0 Å². The molecule has 0 saturated carbocycles. The molecule has 2 amide bonds. The number of nitrogens with one attached hydrogen (secondary N) is 2. The summed E-state index contributed by atoms with van der Waals surface area (Å²) >= 11 is 4.11. The second-order valence-electron chi connectivity index (χ2n) is 6.96. The van der Waals surface area contributed by atoms with Gasteiger partial charge in [0.1, 0.15) is 18.7 Å². The maximum atomic E-state index is 12.3. The van der Waals surface area contributed by atoms with Crippen LogP contribution in [0.15, 0.2) is 48.5 Å². The van der Waals surface area contributed by atoms with Gasteiger partial charge in [-0.05, 0) is 29.2 Å². The molecule has 1 aliphatic rings. The molecule has 0 heterocycles. The zero-order valence-corrected chi connectivity index (χ0v) is 17.6. The lowest BCUT2D eigenvalue weighted by Crippen LogP contribution is -2.52. The van der Waals surface area contributed by atoms with Crippen molar-refractivity contribution in [3.63, 3.8) is 0 Å². The number of fused-ring (bicyclic) bond motifs is 3. The molecule has 2 N–H and O–H groups in total. The van der Waals surface area contributed by atoms with Crippen LogP contribution in [0.3, 0.4) is 0 Å². The van der Waals surface area contributed by atoms with Crippen LogP contribution in [0.1, 0.15) is 24.0 Å². The van der Waals surface area contributed by atoms with Crippen molar-refractivity contribution in [1.82, 2.24) is 10.6 Å². The number of ether oxygens (including phenoxy) is 2. The average molecular weight is 429 g/mol. The van der Waals surface area contributed by atoms with E-state index in [9.17, 15) is 14.4 Å². The third kappa shape index (κ3) is 4.59. The molecule has 0 fully saturated rings. The maximum Gasteiger partial charge on any atom is 0.407 e. The summed E-state index contributed by atoms with van der Waals surface area (Å²) in [5, 5.41) is 4.98. The van der Waals surface area contributed by atoms with Gasteiger partial charge in [-0.1, -0.05) is 48.5 Å². The molecule has 1 aliphatic carbocycles. The van der Waals surface area contributed by atoms with E-state index in [1.165, 1.54) is 14.0 Å². The average Bonchev–Trinajstić information content (AvgIpc) is 3.09. The van der Waals surface area contributed by atoms with Gasteiger partial charge < -0.3 is 20.1 Å². The molecule has 0 spiro atoms. The minimum atomic E-state index is -0.948. The number of hydrogen-bond acceptors (Lipinski definition) is 6. The zero-order valence-electron chi connectivity index (χ0n) is 16.8. The molecule has 3 rings (SSSR count). The Hall–Kier alpha value is -3.00. The summed E-state index contributed by atoms with van der Waals surface area (Å²) in [7, 11) is 1.23. The monoisotopic (exact) mass is 428 g/mol. The molecule has 2 aromatic rings. The molecule has 2 aromatic carbocycles. The normalized spacial score (nSPS) is 14.1. The second kappa shape index (κ2) is 9.67. The first-order chi connectivity index (χ1) is 14.5. The number of amides is 2. The van der Waals surface area contributed by atoms with Gasteiger partial charge in [0.05, 0.1) is 7.11 Å². The van der Waals surface area contributed by atoms with E-state index in [0.717, 1.165) is 22.3 Å². The summed E-state index contributed by atoms with van der Waals surface area (Å²) in [6.07, 6.45) is -0.725. The third-order valence-corrected chi connectivity index (χ3v) is 5.41. The fourth-order valence-electron chi connectivity index (χ4n) is 3.53. The van der Waals surface area contributed by atoms with Crippen molar-refractivity contribution in [1.29, 1.82) is 0 Å². The Bertz CT molecular complexity index is 903. The first-order valence-corrected chi connectivity index (χ1v) is 10.2. The lowest BCUT2D eigenvalue weighted by atomic mass is 9.98. The van der Waals surface area contributed by atoms with E-state index in [2.05, 4.69) is 40.1 Å². The Labute approximate surface area is 180 Å². The van der Waals surface area contributed by atoms with E-state index < -0.39 is 30.1 Å². The second-order valence-corrected chi connectivity index (χ2v) is 7.32. The van der Waals surface area contributed by atoms with Crippen LogP contribution in [0.2, 0.25) is 0 Å². The first kappa shape index (κ1) is 21.7. The summed E-state index contributed by atoms with van der Waals surface area (Å²) in [6, 6.07) is 14.3. The molecular weight excluding hydrogens is 404 g/mol. The van der Waals surface area contributed by atoms with Gasteiger partial charge in [0.2, 0.25) is 5.91 Å². The van der Waals surface area contributed by atoms with Gasteiger partial charge in [0, 0.05) is 11.7 Å². The Balaban J connectivity index is 1.61. The van der Waals surface area contributed by atoms with Crippen molar-refractivity contribution in [3.05, 3.63) is 59.7 Å². The van der Waals surface area contributed by atoms with Crippen LogP contribution in [0.4, 0.5) is 4.79 Å². The summed E-state index contributed by atoms with van der Waals surface area (Å²) in [5.74, 6) is -1.16. The number of alkyl carbamates (subject to hydrolysis) is 1. The molecule has 30 heavy (non-hydrogen) atoms. The Morgan fingerprint density at radius 3 is 2.10 bits per heavy atom. The van der Waals surface area contributed by atoms with E-state index in [4.69, 9.17) is 4.74 Å². The van der Waals surface area contributed by atoms with Crippen LogP contribution >= 0.6 is 12.6 Å². The molecule has 158 valence electrons. The number of hydrogen-bond donors (Lipinski definition) is 3. The maximum absolute atomic E-state index is 12.3. The zero-order chi connectivity index (χ0) is 21.7. The largest absolute Gasteiger partial charge is 0.467 e. The highest BCUT2D eigenvalue weighted by Crippen LogP contribution is 2.44. The van der Waals surface area contributed by atoms with Crippen LogP contribution in [0, 0.1) is 0 Å². The number of benzene rings is 2. The Kier molecular flexibility index (Phi) is 6.99. The molecule has 0 bridgehead atoms. The van der Waals surface area contributed by atoms with Gasteiger partial charge in [0.15, 0.2) is 0 Å². The van der Waals surface area contributed by atoms with Crippen LogP contribution in [0.25, 0.3) is 11.1 Å². The van der Waals surface area contributed by atoms with Gasteiger partial charge in [-0.2, -0.15) is 12.6 Å². The smallest absolute Gasteiger partial charge is 0.407 e. The number of esters is 1. The summed E-state index contributed by atoms with van der Waals surface area (Å²) < 4.78 is 10.0. The summed E-state index contributed by atoms with van der Waals surface area (Å²) in [4.78, 5) is 36.1.